The standard InChI is InChI=1S/C21H24N4O5/c1-21(2,3)30-19(28)22-10-12-4-5-15-13(8-12)9-14-11-24(20(29)25(14)15)16-6-7-17(26)23-18(16)27/h4-5,8-9,16H,6-7,10-11H2,1-3H3,(H,22,28)(H,23,26,27). The summed E-state index contributed by atoms with van der Waals surface area (Å²) in [6.45, 7) is 6.02. The molecule has 2 aliphatic rings. The number of aromatic nitrogens is 1. The van der Waals surface area contributed by atoms with Gasteiger partial charge in [0, 0.05) is 24.0 Å². The van der Waals surface area contributed by atoms with Crippen LogP contribution < -0.4 is 10.6 Å². The van der Waals surface area contributed by atoms with E-state index < -0.39 is 23.6 Å². The zero-order valence-electron chi connectivity index (χ0n) is 17.2. The SMILES string of the molecule is CC(C)(C)OC(=O)NCc1ccc2c(c1)cc1n2C(=O)N(C2CCC(=O)NC2=O)C1. The first kappa shape index (κ1) is 19.9. The summed E-state index contributed by atoms with van der Waals surface area (Å²) in [6, 6.07) is 6.60. The number of carbonyl (C=O) groups excluding carboxylic acids is 4. The number of ether oxygens (including phenoxy) is 1. The Morgan fingerprint density at radius 2 is 2.00 bits per heavy atom. The molecule has 30 heavy (non-hydrogen) atoms. The van der Waals surface area contributed by atoms with Crippen molar-refractivity contribution in [2.24, 2.45) is 0 Å². The smallest absolute Gasteiger partial charge is 0.407 e. The first-order chi connectivity index (χ1) is 14.1. The van der Waals surface area contributed by atoms with Crippen molar-refractivity contribution in [1.82, 2.24) is 20.1 Å². The second kappa shape index (κ2) is 7.16. The van der Waals surface area contributed by atoms with Gasteiger partial charge in [-0.25, -0.2) is 9.59 Å². The summed E-state index contributed by atoms with van der Waals surface area (Å²) in [6.07, 6.45) is 0.0702. The number of hydrogen-bond donors (Lipinski definition) is 2. The molecule has 9 heteroatoms. The Hall–Kier alpha value is -3.36. The molecule has 3 heterocycles. The Morgan fingerprint density at radius 3 is 2.70 bits per heavy atom. The minimum absolute atomic E-state index is 0.226. The van der Waals surface area contributed by atoms with Gasteiger partial charge < -0.3 is 15.0 Å². The zero-order chi connectivity index (χ0) is 21.6. The molecule has 1 aromatic heterocycles. The van der Waals surface area contributed by atoms with Gasteiger partial charge in [-0.2, -0.15) is 0 Å². The molecule has 0 aliphatic carbocycles. The van der Waals surface area contributed by atoms with Crippen molar-refractivity contribution in [2.75, 3.05) is 0 Å². The first-order valence-corrected chi connectivity index (χ1v) is 9.87. The van der Waals surface area contributed by atoms with E-state index in [-0.39, 0.29) is 18.4 Å². The molecule has 0 saturated carbocycles. The molecule has 2 aliphatic heterocycles. The fourth-order valence-corrected chi connectivity index (χ4v) is 3.86. The van der Waals surface area contributed by atoms with Gasteiger partial charge in [0.15, 0.2) is 0 Å². The Balaban J connectivity index is 1.49. The third kappa shape index (κ3) is 3.74. The van der Waals surface area contributed by atoms with Crippen molar-refractivity contribution in [1.29, 1.82) is 0 Å². The Labute approximate surface area is 173 Å². The van der Waals surface area contributed by atoms with Crippen molar-refractivity contribution in [3.63, 3.8) is 0 Å². The quantitative estimate of drug-likeness (QED) is 0.752. The highest BCUT2D eigenvalue weighted by Crippen LogP contribution is 2.30. The lowest BCUT2D eigenvalue weighted by Gasteiger charge is -2.28. The predicted octanol–water partition coefficient (Wildman–Crippen LogP) is 2.25. The number of alkyl carbamates (subject to hydrolysis) is 1. The summed E-state index contributed by atoms with van der Waals surface area (Å²) in [7, 11) is 0. The van der Waals surface area contributed by atoms with Gasteiger partial charge >= 0.3 is 12.1 Å². The van der Waals surface area contributed by atoms with Crippen LogP contribution in [0.4, 0.5) is 9.59 Å². The number of nitrogens with one attached hydrogen (secondary N) is 2. The molecule has 1 aromatic carbocycles. The molecule has 4 amide bonds. The number of fused-ring (bicyclic) bond motifs is 3. The summed E-state index contributed by atoms with van der Waals surface area (Å²) in [4.78, 5) is 49.9. The van der Waals surface area contributed by atoms with Crippen LogP contribution in [-0.2, 0) is 27.4 Å². The first-order valence-electron chi connectivity index (χ1n) is 9.87. The van der Waals surface area contributed by atoms with Gasteiger partial charge in [-0.3, -0.25) is 19.5 Å². The van der Waals surface area contributed by atoms with Crippen molar-refractivity contribution >= 4 is 34.8 Å². The predicted molar refractivity (Wildman–Crippen MR) is 108 cm³/mol. The summed E-state index contributed by atoms with van der Waals surface area (Å²) in [5.74, 6) is -0.731. The van der Waals surface area contributed by atoms with Crippen LogP contribution in [-0.4, -0.2) is 45.0 Å². The lowest BCUT2D eigenvalue weighted by Crippen LogP contribution is -2.52. The van der Waals surface area contributed by atoms with Crippen LogP contribution in [0.1, 0.15) is 44.9 Å². The second-order valence-corrected chi connectivity index (χ2v) is 8.60. The van der Waals surface area contributed by atoms with Gasteiger partial charge in [0.1, 0.15) is 11.6 Å². The third-order valence-electron chi connectivity index (χ3n) is 5.13. The average Bonchev–Trinajstić information content (AvgIpc) is 3.15. The monoisotopic (exact) mass is 412 g/mol. The molecular formula is C21H24N4O5. The number of amides is 4. The third-order valence-corrected chi connectivity index (χ3v) is 5.13. The average molecular weight is 412 g/mol. The summed E-state index contributed by atoms with van der Waals surface area (Å²) >= 11 is 0. The van der Waals surface area contributed by atoms with Crippen LogP contribution in [0, 0.1) is 0 Å². The number of nitrogens with zero attached hydrogens (tertiary/aromatic N) is 2. The van der Waals surface area contributed by atoms with Crippen LogP contribution in [0.25, 0.3) is 10.9 Å². The number of carbonyl (C=O) groups is 4. The Kier molecular flexibility index (Phi) is 4.76. The molecule has 1 unspecified atom stereocenters. The summed E-state index contributed by atoms with van der Waals surface area (Å²) < 4.78 is 6.84. The maximum atomic E-state index is 13.0. The van der Waals surface area contributed by atoms with Crippen molar-refractivity contribution < 1.29 is 23.9 Å². The Morgan fingerprint density at radius 1 is 1.23 bits per heavy atom. The molecule has 1 fully saturated rings. The fourth-order valence-electron chi connectivity index (χ4n) is 3.86. The van der Waals surface area contributed by atoms with E-state index in [0.717, 1.165) is 22.2 Å². The number of benzene rings is 1. The lowest BCUT2D eigenvalue weighted by molar-refractivity contribution is -0.136. The largest absolute Gasteiger partial charge is 0.444 e. The van der Waals surface area contributed by atoms with Crippen LogP contribution in [0.2, 0.25) is 0 Å². The van der Waals surface area contributed by atoms with E-state index in [1.165, 1.54) is 4.90 Å². The number of rotatable bonds is 3. The van der Waals surface area contributed by atoms with Gasteiger partial charge in [0.2, 0.25) is 11.8 Å². The maximum absolute atomic E-state index is 13.0. The van der Waals surface area contributed by atoms with E-state index in [1.54, 1.807) is 25.3 Å². The van der Waals surface area contributed by atoms with Crippen LogP contribution >= 0.6 is 0 Å². The molecule has 4 rings (SSSR count). The molecule has 158 valence electrons. The van der Waals surface area contributed by atoms with Crippen molar-refractivity contribution in [3.05, 3.63) is 35.5 Å². The van der Waals surface area contributed by atoms with E-state index in [0.29, 0.717) is 19.5 Å². The van der Waals surface area contributed by atoms with Crippen molar-refractivity contribution in [3.8, 4) is 0 Å². The molecule has 0 bridgehead atoms. The van der Waals surface area contributed by atoms with Crippen LogP contribution in [0.5, 0.6) is 0 Å². The van der Waals surface area contributed by atoms with E-state index in [1.807, 2.05) is 24.3 Å². The highest BCUT2D eigenvalue weighted by Gasteiger charge is 2.39. The summed E-state index contributed by atoms with van der Waals surface area (Å²) in [5, 5.41) is 5.90. The maximum Gasteiger partial charge on any atom is 0.407 e. The van der Waals surface area contributed by atoms with Gasteiger partial charge in [-0.15, -0.1) is 0 Å². The molecule has 0 radical (unpaired) electrons. The summed E-state index contributed by atoms with van der Waals surface area (Å²) in [5.41, 5.74) is 1.85. The highest BCUT2D eigenvalue weighted by atomic mass is 16.6. The van der Waals surface area contributed by atoms with Gasteiger partial charge in [-0.1, -0.05) is 6.07 Å². The highest BCUT2D eigenvalue weighted by molar-refractivity contribution is 6.03. The minimum Gasteiger partial charge on any atom is -0.444 e. The van der Waals surface area contributed by atoms with E-state index in [2.05, 4.69) is 10.6 Å². The number of hydrogen-bond acceptors (Lipinski definition) is 5. The second-order valence-electron chi connectivity index (χ2n) is 8.60. The van der Waals surface area contributed by atoms with Gasteiger partial charge in [-0.05, 0) is 51.0 Å². The molecule has 2 N–H and O–H groups in total. The molecule has 1 saturated heterocycles. The molecule has 9 nitrogen and oxygen atoms in total. The van der Waals surface area contributed by atoms with Crippen LogP contribution in [0.15, 0.2) is 24.3 Å². The van der Waals surface area contributed by atoms with Gasteiger partial charge in [0.25, 0.3) is 0 Å². The lowest BCUT2D eigenvalue weighted by atomic mass is 10.0. The number of piperidine rings is 1. The molecule has 2 aromatic rings. The molecule has 0 spiro atoms. The van der Waals surface area contributed by atoms with Crippen molar-refractivity contribution in [2.45, 2.75) is 58.3 Å². The van der Waals surface area contributed by atoms with E-state index in [9.17, 15) is 19.2 Å². The van der Waals surface area contributed by atoms with E-state index >= 15 is 0 Å². The van der Waals surface area contributed by atoms with E-state index in [4.69, 9.17) is 4.74 Å². The minimum atomic E-state index is -0.637. The molecule has 1 atom stereocenters. The number of imide groups is 1. The topological polar surface area (TPSA) is 110 Å². The fraction of sp³-hybridized carbons (Fsp3) is 0.429. The normalized spacial score (nSPS) is 19.1. The van der Waals surface area contributed by atoms with Crippen LogP contribution in [0.3, 0.4) is 0 Å². The molecular weight excluding hydrogens is 388 g/mol. The zero-order valence-corrected chi connectivity index (χ0v) is 17.2. The van der Waals surface area contributed by atoms with Gasteiger partial charge in [0.05, 0.1) is 12.1 Å². The Bertz CT molecular complexity index is 1070.